The number of hydrogen-bond acceptors (Lipinski definition) is 10. The number of unbranched alkanes of at least 4 members (excludes halogenated alkanes) is 1. The molecule has 3 bridgehead atoms. The molecule has 13 atom stereocenters. The molecule has 0 amide bonds. The van der Waals surface area contributed by atoms with E-state index in [4.69, 9.17) is 23.7 Å². The summed E-state index contributed by atoms with van der Waals surface area (Å²) >= 11 is 0. The Morgan fingerprint density at radius 3 is 2.33 bits per heavy atom. The Morgan fingerprint density at radius 2 is 1.67 bits per heavy atom. The third kappa shape index (κ3) is 3.99. The SMILES string of the molecule is CC1CC2C(O)(C1=O)C(O)C1(CO)OC1C1C3OC4(c5ccccc5)OC3(C(C)C)C(OC(=O)CCCCc3ccccc3)C(C)C12O4. The van der Waals surface area contributed by atoms with E-state index in [2.05, 4.69) is 12.1 Å². The number of Topliss-reactive ketones (excluding diaryl/α,β-unsaturated/α-hetero) is 1. The topological polar surface area (TPSA) is 144 Å². The molecule has 3 N–H and O–H groups in total. The molecule has 2 aromatic carbocycles. The molecule has 2 aromatic rings. The van der Waals surface area contributed by atoms with Gasteiger partial charge in [-0.3, -0.25) is 9.59 Å². The molecule has 258 valence electrons. The van der Waals surface area contributed by atoms with Crippen molar-refractivity contribution in [3.8, 4) is 0 Å². The number of aliphatic hydroxyl groups is 3. The summed E-state index contributed by atoms with van der Waals surface area (Å²) < 4.78 is 34.0. The van der Waals surface area contributed by atoms with Gasteiger partial charge in [0.1, 0.15) is 35.6 Å². The van der Waals surface area contributed by atoms with Gasteiger partial charge in [0.05, 0.1) is 12.2 Å². The molecule has 10 heteroatoms. The van der Waals surface area contributed by atoms with Gasteiger partial charge in [-0.1, -0.05) is 88.4 Å². The Balaban J connectivity index is 1.23. The summed E-state index contributed by atoms with van der Waals surface area (Å²) in [6, 6.07) is 19.4. The Labute approximate surface area is 280 Å². The van der Waals surface area contributed by atoms with Crippen molar-refractivity contribution < 1.29 is 48.6 Å². The van der Waals surface area contributed by atoms with Crippen molar-refractivity contribution in [2.45, 2.75) is 113 Å². The lowest BCUT2D eigenvalue weighted by Crippen LogP contribution is -2.77. The fourth-order valence-corrected chi connectivity index (χ4v) is 10.5. The Hall–Kier alpha value is -2.70. The molecule has 3 heterocycles. The van der Waals surface area contributed by atoms with Crippen LogP contribution in [0.2, 0.25) is 0 Å². The number of ketones is 1. The van der Waals surface area contributed by atoms with Gasteiger partial charge in [-0.05, 0) is 37.2 Å². The Kier molecular flexibility index (Phi) is 7.38. The van der Waals surface area contributed by atoms with E-state index in [-0.39, 0.29) is 24.7 Å². The molecule has 3 saturated heterocycles. The first-order valence-electron chi connectivity index (χ1n) is 17.5. The van der Waals surface area contributed by atoms with Crippen LogP contribution in [0, 0.1) is 29.6 Å². The van der Waals surface area contributed by atoms with Gasteiger partial charge in [-0.15, -0.1) is 0 Å². The maximum absolute atomic E-state index is 14.0. The first-order chi connectivity index (χ1) is 22.9. The minimum absolute atomic E-state index is 0.206. The van der Waals surface area contributed by atoms with E-state index in [0.29, 0.717) is 12.0 Å². The van der Waals surface area contributed by atoms with E-state index in [1.165, 1.54) is 5.56 Å². The standard InChI is InChI=1S/C38H46O10/c1-21(2)36-30(44-27(40)18-12-11-15-24-13-7-5-8-14-24)23(4)37-26-19-22(3)29(41)35(26,43)33(42)34(20-39)31(45-34)28(37)32(36)46-38(47-36,48-37)25-16-9-6-10-17-25/h5-10,13-14,16-17,21-23,26,28,30-33,39,42-43H,11-12,15,18-20H2,1-4H3. The number of hydrogen-bond donors (Lipinski definition) is 3. The fraction of sp³-hybridized carbons (Fsp3) is 0.632. The molecule has 48 heavy (non-hydrogen) atoms. The quantitative estimate of drug-likeness (QED) is 0.208. The van der Waals surface area contributed by atoms with Crippen molar-refractivity contribution in [2.24, 2.45) is 29.6 Å². The second-order valence-electron chi connectivity index (χ2n) is 15.4. The summed E-state index contributed by atoms with van der Waals surface area (Å²) in [6.07, 6.45) is -1.47. The monoisotopic (exact) mass is 662 g/mol. The molecule has 10 nitrogen and oxygen atoms in total. The third-order valence-corrected chi connectivity index (χ3v) is 12.8. The smallest absolute Gasteiger partial charge is 0.313 e. The summed E-state index contributed by atoms with van der Waals surface area (Å²) in [4.78, 5) is 27.7. The number of aliphatic hydroxyl groups excluding tert-OH is 2. The van der Waals surface area contributed by atoms with E-state index in [9.17, 15) is 24.9 Å². The minimum Gasteiger partial charge on any atom is -0.459 e. The molecular formula is C38H46O10. The third-order valence-electron chi connectivity index (χ3n) is 12.8. The van der Waals surface area contributed by atoms with Crippen LogP contribution in [0.15, 0.2) is 60.7 Å². The molecule has 0 aromatic heterocycles. The molecular weight excluding hydrogens is 616 g/mol. The molecule has 3 aliphatic carbocycles. The maximum atomic E-state index is 14.0. The zero-order chi connectivity index (χ0) is 33.9. The van der Waals surface area contributed by atoms with E-state index < -0.39 is 88.9 Å². The highest BCUT2D eigenvalue weighted by Crippen LogP contribution is 2.74. The molecule has 13 unspecified atom stereocenters. The van der Waals surface area contributed by atoms with Gasteiger partial charge in [0.2, 0.25) is 0 Å². The predicted molar refractivity (Wildman–Crippen MR) is 170 cm³/mol. The van der Waals surface area contributed by atoms with Gasteiger partial charge in [0.25, 0.3) is 0 Å². The zero-order valence-electron chi connectivity index (χ0n) is 27.9. The van der Waals surface area contributed by atoms with Crippen LogP contribution in [0.5, 0.6) is 0 Å². The highest BCUT2D eigenvalue weighted by Gasteiger charge is 2.91. The number of benzene rings is 2. The average Bonchev–Trinajstić information content (AvgIpc) is 3.71. The van der Waals surface area contributed by atoms with Gasteiger partial charge in [-0.25, -0.2) is 0 Å². The van der Waals surface area contributed by atoms with Crippen molar-refractivity contribution in [3.05, 3.63) is 71.8 Å². The first kappa shape index (κ1) is 32.5. The van der Waals surface area contributed by atoms with Gasteiger partial charge >= 0.3 is 11.9 Å². The lowest BCUT2D eigenvalue weighted by molar-refractivity contribution is -0.443. The fourth-order valence-electron chi connectivity index (χ4n) is 10.5. The highest BCUT2D eigenvalue weighted by molar-refractivity contribution is 5.93. The number of rotatable bonds is 9. The average molecular weight is 663 g/mol. The largest absolute Gasteiger partial charge is 0.459 e. The highest BCUT2D eigenvalue weighted by atomic mass is 16.9. The van der Waals surface area contributed by atoms with Crippen LogP contribution < -0.4 is 0 Å². The molecule has 8 rings (SSSR count). The van der Waals surface area contributed by atoms with Crippen molar-refractivity contribution in [3.63, 3.8) is 0 Å². The van der Waals surface area contributed by atoms with E-state index >= 15 is 0 Å². The lowest BCUT2D eigenvalue weighted by Gasteiger charge is -2.62. The number of fused-ring (bicyclic) bond motifs is 3. The normalized spacial score (nSPS) is 46.5. The summed E-state index contributed by atoms with van der Waals surface area (Å²) in [5.41, 5.74) is -4.73. The number of ether oxygens (including phenoxy) is 5. The van der Waals surface area contributed by atoms with E-state index in [1.54, 1.807) is 6.92 Å². The minimum atomic E-state index is -2.29. The van der Waals surface area contributed by atoms with Gasteiger partial charge < -0.3 is 39.0 Å². The van der Waals surface area contributed by atoms with Gasteiger partial charge in [0.15, 0.2) is 11.4 Å². The second kappa shape index (κ2) is 10.9. The van der Waals surface area contributed by atoms with Crippen LogP contribution >= 0.6 is 0 Å². The summed E-state index contributed by atoms with van der Waals surface area (Å²) in [6.45, 7) is 7.06. The van der Waals surface area contributed by atoms with Crippen LogP contribution in [0.25, 0.3) is 0 Å². The molecule has 6 aliphatic rings. The van der Waals surface area contributed by atoms with Crippen molar-refractivity contribution >= 4 is 11.8 Å². The van der Waals surface area contributed by atoms with Crippen LogP contribution in [0.1, 0.15) is 64.5 Å². The number of aryl methyl sites for hydroxylation is 1. The number of carbonyl (C=O) groups is 2. The summed E-state index contributed by atoms with van der Waals surface area (Å²) in [7, 11) is 0. The van der Waals surface area contributed by atoms with E-state index in [0.717, 1.165) is 12.8 Å². The van der Waals surface area contributed by atoms with Crippen LogP contribution in [0.4, 0.5) is 0 Å². The van der Waals surface area contributed by atoms with Gasteiger partial charge in [0, 0.05) is 35.7 Å². The maximum Gasteiger partial charge on any atom is 0.313 e. The molecule has 6 fully saturated rings. The number of epoxide rings is 1. The number of esters is 1. The molecule has 3 aliphatic heterocycles. The second-order valence-corrected chi connectivity index (χ2v) is 15.4. The lowest BCUT2D eigenvalue weighted by atomic mass is 9.52. The van der Waals surface area contributed by atoms with Crippen LogP contribution in [-0.2, 0) is 45.7 Å². The Bertz CT molecular complexity index is 1580. The number of carbonyl (C=O) groups excluding carboxylic acids is 2. The predicted octanol–water partition coefficient (Wildman–Crippen LogP) is 3.43. The van der Waals surface area contributed by atoms with Crippen LogP contribution in [-0.4, -0.2) is 80.5 Å². The summed E-state index contributed by atoms with van der Waals surface area (Å²) in [5, 5.41) is 35.1. The van der Waals surface area contributed by atoms with Crippen molar-refractivity contribution in [2.75, 3.05) is 6.61 Å². The summed E-state index contributed by atoms with van der Waals surface area (Å²) in [5.74, 6) is -5.75. The molecule has 0 radical (unpaired) electrons. The zero-order valence-corrected chi connectivity index (χ0v) is 27.9. The molecule has 3 saturated carbocycles. The Morgan fingerprint density at radius 1 is 0.979 bits per heavy atom. The molecule has 0 spiro atoms. The first-order valence-corrected chi connectivity index (χ1v) is 17.5. The van der Waals surface area contributed by atoms with E-state index in [1.807, 2.05) is 69.3 Å². The van der Waals surface area contributed by atoms with Crippen LogP contribution in [0.3, 0.4) is 0 Å². The van der Waals surface area contributed by atoms with Crippen molar-refractivity contribution in [1.82, 2.24) is 0 Å². The van der Waals surface area contributed by atoms with Gasteiger partial charge in [-0.2, -0.15) is 0 Å². The van der Waals surface area contributed by atoms with Crippen molar-refractivity contribution in [1.29, 1.82) is 0 Å².